The number of anilines is 2. The molecule has 1 atom stereocenters. The van der Waals surface area contributed by atoms with Crippen molar-refractivity contribution in [3.05, 3.63) is 42.5 Å². The lowest BCUT2D eigenvalue weighted by atomic mass is 10.3. The van der Waals surface area contributed by atoms with E-state index in [9.17, 15) is 18.0 Å². The van der Waals surface area contributed by atoms with Crippen molar-refractivity contribution in [2.45, 2.75) is 39.7 Å². The van der Waals surface area contributed by atoms with Gasteiger partial charge in [-0.2, -0.15) is 0 Å². The number of thioether (sulfide) groups is 2. The zero-order chi connectivity index (χ0) is 21.0. The molecule has 29 heavy (non-hydrogen) atoms. The first-order valence-electron chi connectivity index (χ1n) is 9.04. The van der Waals surface area contributed by atoms with Crippen LogP contribution in [0.5, 0.6) is 0 Å². The van der Waals surface area contributed by atoms with Crippen molar-refractivity contribution < 1.29 is 18.0 Å². The number of hydrogen-bond donors (Lipinski definition) is 2. The lowest BCUT2D eigenvalue weighted by Gasteiger charge is -2.11. The summed E-state index contributed by atoms with van der Waals surface area (Å²) in [6.07, 6.45) is 2.16. The van der Waals surface area contributed by atoms with Crippen molar-refractivity contribution in [1.82, 2.24) is 0 Å². The molecule has 0 fully saturated rings. The second kappa shape index (κ2) is 9.23. The average Bonchev–Trinajstić information content (AvgIpc) is 2.82. The van der Waals surface area contributed by atoms with Crippen molar-refractivity contribution in [3.63, 3.8) is 0 Å². The molecule has 0 radical (unpaired) electrons. The minimum atomic E-state index is -3.66. The number of carbonyl (C=O) groups is 2. The van der Waals surface area contributed by atoms with E-state index in [2.05, 4.69) is 10.6 Å². The van der Waals surface area contributed by atoms with E-state index in [0.717, 1.165) is 9.79 Å². The van der Waals surface area contributed by atoms with Crippen LogP contribution in [0.2, 0.25) is 0 Å². The second-order valence-corrected chi connectivity index (χ2v) is 11.2. The van der Waals surface area contributed by atoms with E-state index in [0.29, 0.717) is 17.8 Å². The predicted octanol–water partition coefficient (Wildman–Crippen LogP) is 4.03. The fraction of sp³-hybridized carbons (Fsp3) is 0.300. The summed E-state index contributed by atoms with van der Waals surface area (Å²) in [7, 11) is -3.66. The molecule has 0 aliphatic carbocycles. The van der Waals surface area contributed by atoms with Gasteiger partial charge in [-0.3, -0.25) is 9.59 Å². The van der Waals surface area contributed by atoms with Gasteiger partial charge in [0.1, 0.15) is 0 Å². The minimum Gasteiger partial charge on any atom is -0.326 e. The lowest BCUT2D eigenvalue weighted by molar-refractivity contribution is -0.116. The van der Waals surface area contributed by atoms with Gasteiger partial charge in [-0.1, -0.05) is 13.0 Å². The van der Waals surface area contributed by atoms with Crippen LogP contribution in [0.3, 0.4) is 0 Å². The van der Waals surface area contributed by atoms with Crippen molar-refractivity contribution in [2.75, 3.05) is 22.6 Å². The molecule has 0 saturated carbocycles. The minimum absolute atomic E-state index is 0.101. The molecule has 9 heteroatoms. The van der Waals surface area contributed by atoms with E-state index in [4.69, 9.17) is 0 Å². The Labute approximate surface area is 179 Å². The van der Waals surface area contributed by atoms with Crippen molar-refractivity contribution in [2.24, 2.45) is 0 Å². The van der Waals surface area contributed by atoms with Crippen LogP contribution in [0.1, 0.15) is 19.8 Å². The number of rotatable bonds is 6. The van der Waals surface area contributed by atoms with Gasteiger partial charge in [-0.15, -0.1) is 23.5 Å². The molecule has 0 bridgehead atoms. The van der Waals surface area contributed by atoms with Crippen molar-refractivity contribution in [1.29, 1.82) is 0 Å². The molecule has 1 aliphatic heterocycles. The third-order valence-electron chi connectivity index (χ3n) is 4.34. The van der Waals surface area contributed by atoms with E-state index in [1.807, 2.05) is 31.4 Å². The van der Waals surface area contributed by atoms with Crippen LogP contribution in [-0.2, 0) is 19.4 Å². The quantitative estimate of drug-likeness (QED) is 0.646. The van der Waals surface area contributed by atoms with Gasteiger partial charge in [0, 0.05) is 33.6 Å². The number of sulfone groups is 1. The SMILES string of the molecule is CSc1cccc(NC(=O)CCS(=O)(=O)c2ccc3c(c2)NC(=O)C[C@@H](C)S3)c1. The summed E-state index contributed by atoms with van der Waals surface area (Å²) in [6, 6.07) is 12.1. The van der Waals surface area contributed by atoms with E-state index in [1.54, 1.807) is 23.9 Å². The lowest BCUT2D eigenvalue weighted by Crippen LogP contribution is -2.18. The number of amides is 2. The smallest absolute Gasteiger partial charge is 0.225 e. The highest BCUT2D eigenvalue weighted by Crippen LogP contribution is 2.36. The topological polar surface area (TPSA) is 92.3 Å². The van der Waals surface area contributed by atoms with Gasteiger partial charge in [-0.25, -0.2) is 8.42 Å². The maximum Gasteiger partial charge on any atom is 0.225 e. The van der Waals surface area contributed by atoms with Gasteiger partial charge in [-0.05, 0) is 42.7 Å². The number of hydrogen-bond acceptors (Lipinski definition) is 6. The summed E-state index contributed by atoms with van der Waals surface area (Å²) in [5.41, 5.74) is 1.14. The standard InChI is InChI=1S/C20H22N2O4S3/c1-13-10-20(24)22-17-12-16(6-7-18(17)28-13)29(25,26)9-8-19(23)21-14-4-3-5-15(11-14)27-2/h3-7,11-13H,8-10H2,1-2H3,(H,21,23)(H,22,24)/t13-/m1/s1. The molecule has 1 aliphatic rings. The van der Waals surface area contributed by atoms with Crippen LogP contribution in [0.25, 0.3) is 0 Å². The summed E-state index contributed by atoms with van der Waals surface area (Å²) < 4.78 is 25.4. The van der Waals surface area contributed by atoms with Gasteiger partial charge in [0.25, 0.3) is 0 Å². The Morgan fingerprint density at radius 1 is 1.28 bits per heavy atom. The zero-order valence-electron chi connectivity index (χ0n) is 16.1. The highest BCUT2D eigenvalue weighted by Gasteiger charge is 2.23. The molecular formula is C20H22N2O4S3. The number of benzene rings is 2. The third-order valence-corrected chi connectivity index (χ3v) is 7.95. The average molecular weight is 451 g/mol. The molecule has 2 aromatic carbocycles. The summed E-state index contributed by atoms with van der Waals surface area (Å²) in [5.74, 6) is -0.804. The first-order valence-corrected chi connectivity index (χ1v) is 12.8. The van der Waals surface area contributed by atoms with E-state index in [1.165, 1.54) is 23.9 Å². The van der Waals surface area contributed by atoms with Gasteiger partial charge in [0.05, 0.1) is 16.3 Å². The fourth-order valence-electron chi connectivity index (χ4n) is 2.89. The molecule has 2 amide bonds. The third kappa shape index (κ3) is 5.77. The molecular weight excluding hydrogens is 428 g/mol. The monoisotopic (exact) mass is 450 g/mol. The Balaban J connectivity index is 1.68. The summed E-state index contributed by atoms with van der Waals surface area (Å²) in [4.78, 5) is 26.1. The molecule has 154 valence electrons. The highest BCUT2D eigenvalue weighted by atomic mass is 32.2. The maximum absolute atomic E-state index is 12.7. The van der Waals surface area contributed by atoms with Crippen molar-refractivity contribution >= 4 is 56.6 Å². The zero-order valence-corrected chi connectivity index (χ0v) is 18.5. The molecule has 0 aromatic heterocycles. The molecule has 0 spiro atoms. The van der Waals surface area contributed by atoms with Crippen LogP contribution >= 0.6 is 23.5 Å². The summed E-state index contributed by atoms with van der Waals surface area (Å²) in [6.45, 7) is 1.96. The Morgan fingerprint density at radius 2 is 2.07 bits per heavy atom. The van der Waals surface area contributed by atoms with Crippen LogP contribution in [0.15, 0.2) is 57.2 Å². The molecule has 0 unspecified atom stereocenters. The van der Waals surface area contributed by atoms with Crippen LogP contribution in [-0.4, -0.2) is 37.5 Å². The van der Waals surface area contributed by atoms with Crippen LogP contribution < -0.4 is 10.6 Å². The number of fused-ring (bicyclic) bond motifs is 1. The fourth-order valence-corrected chi connectivity index (χ4v) is 5.67. The van der Waals surface area contributed by atoms with Gasteiger partial charge >= 0.3 is 0 Å². The Hall–Kier alpha value is -1.97. The number of carbonyl (C=O) groups excluding carboxylic acids is 2. The maximum atomic E-state index is 12.7. The predicted molar refractivity (Wildman–Crippen MR) is 119 cm³/mol. The first-order chi connectivity index (χ1) is 13.8. The molecule has 0 saturated heterocycles. The summed E-state index contributed by atoms with van der Waals surface area (Å²) >= 11 is 3.09. The van der Waals surface area contributed by atoms with Crippen molar-refractivity contribution in [3.8, 4) is 0 Å². The Morgan fingerprint density at radius 3 is 2.83 bits per heavy atom. The first kappa shape index (κ1) is 21.7. The normalized spacial score (nSPS) is 16.5. The molecule has 3 rings (SSSR count). The summed E-state index contributed by atoms with van der Waals surface area (Å²) in [5, 5.41) is 5.62. The molecule has 1 heterocycles. The van der Waals surface area contributed by atoms with Gasteiger partial charge in [0.2, 0.25) is 11.8 Å². The Bertz CT molecular complexity index is 1040. The second-order valence-electron chi connectivity index (χ2n) is 6.69. The van der Waals surface area contributed by atoms with Gasteiger partial charge < -0.3 is 10.6 Å². The van der Waals surface area contributed by atoms with Crippen LogP contribution in [0, 0.1) is 0 Å². The largest absolute Gasteiger partial charge is 0.326 e. The van der Waals surface area contributed by atoms with E-state index >= 15 is 0 Å². The Kier molecular flexibility index (Phi) is 6.92. The van der Waals surface area contributed by atoms with Gasteiger partial charge in [0.15, 0.2) is 9.84 Å². The number of nitrogens with one attached hydrogen (secondary N) is 2. The van der Waals surface area contributed by atoms with Crippen LogP contribution in [0.4, 0.5) is 11.4 Å². The van der Waals surface area contributed by atoms with E-state index in [-0.39, 0.29) is 34.1 Å². The molecule has 2 aromatic rings. The molecule has 6 nitrogen and oxygen atoms in total. The highest BCUT2D eigenvalue weighted by molar-refractivity contribution is 8.00. The van der Waals surface area contributed by atoms with E-state index < -0.39 is 9.84 Å². The molecule has 2 N–H and O–H groups in total.